The van der Waals surface area contributed by atoms with Gasteiger partial charge in [0.1, 0.15) is 11.5 Å². The van der Waals surface area contributed by atoms with E-state index < -0.39 is 5.91 Å². The number of aromatic nitrogens is 1. The number of nitrogens with zero attached hydrogens (tertiary/aromatic N) is 1. The van der Waals surface area contributed by atoms with Crippen LogP contribution in [0.15, 0.2) is 33.6 Å². The zero-order valence-electron chi connectivity index (χ0n) is 13.5. The SMILES string of the molecule is Cc1nc(C(=O)COc2ccc(/C=C3\SC(=O)NC3=O)cc2)c(C)o1. The number of carbonyl (C=O) groups excluding carboxylic acids is 3. The Bertz CT molecular complexity index is 883. The Morgan fingerprint density at radius 1 is 1.28 bits per heavy atom. The van der Waals surface area contributed by atoms with E-state index in [0.717, 1.165) is 17.3 Å². The van der Waals surface area contributed by atoms with Crippen molar-refractivity contribution in [1.29, 1.82) is 0 Å². The van der Waals surface area contributed by atoms with Gasteiger partial charge in [-0.2, -0.15) is 0 Å². The first-order valence-corrected chi connectivity index (χ1v) is 8.19. The topological polar surface area (TPSA) is 98.5 Å². The number of nitrogens with one attached hydrogen (secondary N) is 1. The van der Waals surface area contributed by atoms with E-state index >= 15 is 0 Å². The number of thioether (sulfide) groups is 1. The summed E-state index contributed by atoms with van der Waals surface area (Å²) in [4.78, 5) is 39.1. The molecule has 0 atom stereocenters. The van der Waals surface area contributed by atoms with Gasteiger partial charge in [0.2, 0.25) is 5.78 Å². The molecular formula is C17H14N2O5S. The lowest BCUT2D eigenvalue weighted by atomic mass is 10.2. The van der Waals surface area contributed by atoms with E-state index in [2.05, 4.69) is 10.3 Å². The van der Waals surface area contributed by atoms with E-state index in [1.807, 2.05) is 0 Å². The molecule has 2 amide bonds. The summed E-state index contributed by atoms with van der Waals surface area (Å²) < 4.78 is 10.7. The number of oxazole rings is 1. The molecule has 0 spiro atoms. The van der Waals surface area contributed by atoms with Crippen molar-refractivity contribution in [2.45, 2.75) is 13.8 Å². The zero-order chi connectivity index (χ0) is 18.0. The number of ether oxygens (including phenoxy) is 1. The number of imide groups is 1. The van der Waals surface area contributed by atoms with Gasteiger partial charge in [-0.3, -0.25) is 19.7 Å². The van der Waals surface area contributed by atoms with E-state index in [1.54, 1.807) is 44.2 Å². The molecule has 1 aromatic heterocycles. The van der Waals surface area contributed by atoms with Crippen molar-refractivity contribution in [3.63, 3.8) is 0 Å². The first-order chi connectivity index (χ1) is 11.9. The Balaban J connectivity index is 1.62. The highest BCUT2D eigenvalue weighted by molar-refractivity contribution is 8.18. The average Bonchev–Trinajstić information content (AvgIpc) is 3.07. The summed E-state index contributed by atoms with van der Waals surface area (Å²) in [5.41, 5.74) is 1.02. The first kappa shape index (κ1) is 17.0. The van der Waals surface area contributed by atoms with Crippen molar-refractivity contribution in [2.24, 2.45) is 0 Å². The highest BCUT2D eigenvalue weighted by Gasteiger charge is 2.24. The minimum absolute atomic E-state index is 0.153. The molecule has 3 rings (SSSR count). The predicted molar refractivity (Wildman–Crippen MR) is 91.4 cm³/mol. The Labute approximate surface area is 147 Å². The normalized spacial score (nSPS) is 15.5. The quantitative estimate of drug-likeness (QED) is 0.648. The van der Waals surface area contributed by atoms with E-state index in [4.69, 9.17) is 9.15 Å². The highest BCUT2D eigenvalue weighted by atomic mass is 32.2. The van der Waals surface area contributed by atoms with Crippen LogP contribution in [0.3, 0.4) is 0 Å². The second-order valence-electron chi connectivity index (χ2n) is 5.27. The van der Waals surface area contributed by atoms with Gasteiger partial charge in [-0.05, 0) is 42.5 Å². The minimum Gasteiger partial charge on any atom is -0.485 e. The van der Waals surface area contributed by atoms with Crippen molar-refractivity contribution in [3.8, 4) is 5.75 Å². The number of amides is 2. The Hall–Kier alpha value is -2.87. The lowest BCUT2D eigenvalue weighted by Gasteiger charge is -2.05. The van der Waals surface area contributed by atoms with Crippen LogP contribution in [0.5, 0.6) is 5.75 Å². The van der Waals surface area contributed by atoms with Crippen LogP contribution in [-0.2, 0) is 4.79 Å². The first-order valence-electron chi connectivity index (χ1n) is 7.37. The van der Waals surface area contributed by atoms with Gasteiger partial charge in [0.05, 0.1) is 4.91 Å². The summed E-state index contributed by atoms with van der Waals surface area (Å²) in [6, 6.07) is 6.82. The number of carbonyl (C=O) groups is 3. The fraction of sp³-hybridized carbons (Fsp3) is 0.176. The molecule has 128 valence electrons. The molecule has 1 aliphatic rings. The third kappa shape index (κ3) is 3.97. The standard InChI is InChI=1S/C17H14N2O5S/c1-9-15(18-10(2)24-9)13(20)8-23-12-5-3-11(4-6-12)7-14-16(21)19-17(22)25-14/h3-7H,8H2,1-2H3,(H,19,21,22)/b14-7-. The molecule has 0 radical (unpaired) electrons. The van der Waals surface area contributed by atoms with Crippen LogP contribution in [-0.4, -0.2) is 28.5 Å². The van der Waals surface area contributed by atoms with E-state index in [0.29, 0.717) is 22.3 Å². The van der Waals surface area contributed by atoms with Crippen LogP contribution in [0, 0.1) is 13.8 Å². The summed E-state index contributed by atoms with van der Waals surface area (Å²) in [6.07, 6.45) is 1.61. The number of Topliss-reactive ketones (excluding diaryl/α,β-unsaturated/α-hetero) is 1. The van der Waals surface area contributed by atoms with E-state index in [-0.39, 0.29) is 23.3 Å². The van der Waals surface area contributed by atoms with Gasteiger partial charge in [-0.25, -0.2) is 4.98 Å². The Kier molecular flexibility index (Phi) is 4.71. The molecule has 0 bridgehead atoms. The van der Waals surface area contributed by atoms with Gasteiger partial charge in [0.15, 0.2) is 18.2 Å². The fourth-order valence-electron chi connectivity index (χ4n) is 2.24. The summed E-state index contributed by atoms with van der Waals surface area (Å²) >= 11 is 0.858. The second-order valence-corrected chi connectivity index (χ2v) is 6.29. The number of rotatable bonds is 5. The van der Waals surface area contributed by atoms with Gasteiger partial charge in [-0.15, -0.1) is 0 Å². The van der Waals surface area contributed by atoms with Crippen molar-refractivity contribution in [1.82, 2.24) is 10.3 Å². The monoisotopic (exact) mass is 358 g/mol. The largest absolute Gasteiger partial charge is 0.485 e. The maximum absolute atomic E-state index is 12.1. The third-order valence-corrected chi connectivity index (χ3v) is 4.17. The number of hydrogen-bond donors (Lipinski definition) is 1. The third-order valence-electron chi connectivity index (χ3n) is 3.36. The Morgan fingerprint density at radius 2 is 2.00 bits per heavy atom. The lowest BCUT2D eigenvalue weighted by Crippen LogP contribution is -2.17. The molecular weight excluding hydrogens is 344 g/mol. The lowest BCUT2D eigenvalue weighted by molar-refractivity contribution is -0.115. The summed E-state index contributed by atoms with van der Waals surface area (Å²) in [5.74, 6) is 0.741. The predicted octanol–water partition coefficient (Wildman–Crippen LogP) is 2.88. The molecule has 7 nitrogen and oxygen atoms in total. The summed E-state index contributed by atoms with van der Waals surface area (Å²) in [6.45, 7) is 3.20. The summed E-state index contributed by atoms with van der Waals surface area (Å²) in [5, 5.41) is 1.81. The molecule has 1 saturated heterocycles. The van der Waals surface area contributed by atoms with Crippen LogP contribution >= 0.6 is 11.8 Å². The molecule has 2 aromatic rings. The van der Waals surface area contributed by atoms with Crippen molar-refractivity contribution in [2.75, 3.05) is 6.61 Å². The van der Waals surface area contributed by atoms with E-state index in [9.17, 15) is 14.4 Å². The molecule has 0 aliphatic carbocycles. The zero-order valence-corrected chi connectivity index (χ0v) is 14.3. The van der Waals surface area contributed by atoms with Gasteiger partial charge in [-0.1, -0.05) is 12.1 Å². The van der Waals surface area contributed by atoms with Crippen molar-refractivity contribution >= 4 is 34.8 Å². The number of benzene rings is 1. The number of hydrogen-bond acceptors (Lipinski definition) is 7. The van der Waals surface area contributed by atoms with Gasteiger partial charge >= 0.3 is 0 Å². The molecule has 25 heavy (non-hydrogen) atoms. The van der Waals surface area contributed by atoms with Crippen molar-refractivity contribution < 1.29 is 23.5 Å². The van der Waals surface area contributed by atoms with Crippen LogP contribution in [0.4, 0.5) is 4.79 Å². The molecule has 8 heteroatoms. The van der Waals surface area contributed by atoms with Gasteiger partial charge in [0.25, 0.3) is 11.1 Å². The minimum atomic E-state index is -0.404. The van der Waals surface area contributed by atoms with Crippen LogP contribution in [0.1, 0.15) is 27.7 Å². The fourth-order valence-corrected chi connectivity index (χ4v) is 2.92. The van der Waals surface area contributed by atoms with Crippen molar-refractivity contribution in [3.05, 3.63) is 52.1 Å². The average molecular weight is 358 g/mol. The van der Waals surface area contributed by atoms with E-state index in [1.165, 1.54) is 0 Å². The maximum Gasteiger partial charge on any atom is 0.290 e. The molecule has 0 unspecified atom stereocenters. The molecule has 1 fully saturated rings. The number of aryl methyl sites for hydroxylation is 2. The highest BCUT2D eigenvalue weighted by Crippen LogP contribution is 2.26. The second kappa shape index (κ2) is 6.94. The van der Waals surface area contributed by atoms with Gasteiger partial charge in [0, 0.05) is 6.92 Å². The molecule has 0 saturated carbocycles. The molecule has 1 aromatic carbocycles. The van der Waals surface area contributed by atoms with Gasteiger partial charge < -0.3 is 9.15 Å². The summed E-state index contributed by atoms with van der Waals surface area (Å²) in [7, 11) is 0. The van der Waals surface area contributed by atoms with Crippen LogP contribution in [0.2, 0.25) is 0 Å². The molecule has 1 N–H and O–H groups in total. The molecule has 2 heterocycles. The number of ketones is 1. The smallest absolute Gasteiger partial charge is 0.290 e. The van der Waals surface area contributed by atoms with Crippen LogP contribution < -0.4 is 10.1 Å². The Morgan fingerprint density at radius 3 is 2.56 bits per heavy atom. The molecule has 1 aliphatic heterocycles. The maximum atomic E-state index is 12.1. The van der Waals surface area contributed by atoms with Crippen LogP contribution in [0.25, 0.3) is 6.08 Å².